The van der Waals surface area contributed by atoms with Gasteiger partial charge in [-0.2, -0.15) is 12.2 Å². The van der Waals surface area contributed by atoms with E-state index in [4.69, 9.17) is 4.74 Å². The summed E-state index contributed by atoms with van der Waals surface area (Å²) in [6, 6.07) is 0. The first-order valence-electron chi connectivity index (χ1n) is 12.6. The first-order chi connectivity index (χ1) is 18.1. The SMILES string of the molecule is C=C1NC(=O)C(/C=C/C(=O)NCCNc2ncnc3nc[nH]c23)=CN1C1CC(CC)C(CCP(=C)(C)S)O1. The number of ether oxygens (including phenoxy) is 1. The van der Waals surface area contributed by atoms with Crippen LogP contribution in [0.15, 0.2) is 49.0 Å². The number of fused-ring (bicyclic) bond motifs is 1. The Kier molecular flexibility index (Phi) is 8.96. The van der Waals surface area contributed by atoms with Gasteiger partial charge in [0.2, 0.25) is 5.91 Å². The van der Waals surface area contributed by atoms with Crippen molar-refractivity contribution >= 4 is 53.4 Å². The summed E-state index contributed by atoms with van der Waals surface area (Å²) in [5.74, 6) is 0.835. The Balaban J connectivity index is 1.31. The van der Waals surface area contributed by atoms with Crippen molar-refractivity contribution in [1.29, 1.82) is 0 Å². The van der Waals surface area contributed by atoms with Gasteiger partial charge in [-0.1, -0.05) is 32.3 Å². The topological polar surface area (TPSA) is 137 Å². The van der Waals surface area contributed by atoms with Crippen LogP contribution in [-0.2, 0) is 14.3 Å². The van der Waals surface area contributed by atoms with Crippen LogP contribution in [0, 0.1) is 5.92 Å². The zero-order valence-corrected chi connectivity index (χ0v) is 23.5. The minimum Gasteiger partial charge on any atom is -0.366 e. The lowest BCUT2D eigenvalue weighted by molar-refractivity contribution is -0.118. The molecule has 0 saturated carbocycles. The van der Waals surface area contributed by atoms with Gasteiger partial charge in [0.1, 0.15) is 23.9 Å². The number of hydrogen-bond donors (Lipinski definition) is 5. The van der Waals surface area contributed by atoms with Gasteiger partial charge >= 0.3 is 0 Å². The standard InChI is InChI=1S/C25H35N8O3PS/c1-5-17-12-21(36-19(17)8-11-37(3,4)38)33-13-18(25(35)32-16(33)2)6-7-20(34)26-9-10-27-23-22-24(29-14-28-22)31-15-30-23/h6-7,13-15,17,19,21,38H,2-3,5,8-12H2,1,4H3,(H,26,34)(H,32,35)(H2,27,28,29,30,31)/b7-6+. The van der Waals surface area contributed by atoms with E-state index in [1.165, 1.54) is 18.5 Å². The maximum atomic E-state index is 12.5. The Morgan fingerprint density at radius 3 is 2.95 bits per heavy atom. The molecule has 0 bridgehead atoms. The highest BCUT2D eigenvalue weighted by Gasteiger charge is 2.38. The normalized spacial score (nSPS) is 23.4. The van der Waals surface area contributed by atoms with Crippen LogP contribution in [0.5, 0.6) is 0 Å². The number of aromatic nitrogens is 4. The van der Waals surface area contributed by atoms with E-state index in [1.54, 1.807) is 12.5 Å². The number of amides is 2. The van der Waals surface area contributed by atoms with Crippen LogP contribution in [0.1, 0.15) is 26.2 Å². The van der Waals surface area contributed by atoms with E-state index in [0.29, 0.717) is 47.4 Å². The van der Waals surface area contributed by atoms with Gasteiger partial charge in [0.05, 0.1) is 18.0 Å². The quantitative estimate of drug-likeness (QED) is 0.123. The molecule has 2 aromatic heterocycles. The molecule has 0 spiro atoms. The molecule has 38 heavy (non-hydrogen) atoms. The zero-order chi connectivity index (χ0) is 27.3. The minimum atomic E-state index is -1.44. The summed E-state index contributed by atoms with van der Waals surface area (Å²) in [4.78, 5) is 42.1. The van der Waals surface area contributed by atoms with E-state index in [-0.39, 0.29) is 24.1 Å². The number of imidazole rings is 1. The predicted molar refractivity (Wildman–Crippen MR) is 155 cm³/mol. The summed E-state index contributed by atoms with van der Waals surface area (Å²) >= 11 is 4.65. The van der Waals surface area contributed by atoms with Gasteiger partial charge in [0.25, 0.3) is 5.91 Å². The fourth-order valence-electron chi connectivity index (χ4n) is 4.52. The third kappa shape index (κ3) is 7.06. The summed E-state index contributed by atoms with van der Waals surface area (Å²) in [5, 5.41) is 8.71. The molecule has 0 aromatic carbocycles. The lowest BCUT2D eigenvalue weighted by Gasteiger charge is -2.33. The highest BCUT2D eigenvalue weighted by atomic mass is 32.7. The maximum absolute atomic E-state index is 12.5. The number of rotatable bonds is 11. The van der Waals surface area contributed by atoms with Crippen molar-refractivity contribution in [2.24, 2.45) is 5.92 Å². The van der Waals surface area contributed by atoms with E-state index in [1.807, 2.05) is 4.90 Å². The molecule has 204 valence electrons. The molecule has 4 rings (SSSR count). The number of anilines is 1. The molecule has 2 aromatic rings. The number of nitrogens with zero attached hydrogens (tertiary/aromatic N) is 4. The molecule has 1 fully saturated rings. The van der Waals surface area contributed by atoms with E-state index in [0.717, 1.165) is 25.4 Å². The highest BCUT2D eigenvalue weighted by molar-refractivity contribution is 8.51. The summed E-state index contributed by atoms with van der Waals surface area (Å²) < 4.78 is 6.40. The number of hydrogen-bond acceptors (Lipinski definition) is 9. The van der Waals surface area contributed by atoms with Crippen LogP contribution < -0.4 is 16.0 Å². The number of nitrogens with one attached hydrogen (secondary N) is 4. The van der Waals surface area contributed by atoms with Gasteiger partial charge in [-0.05, 0) is 37.7 Å². The van der Waals surface area contributed by atoms with Crippen molar-refractivity contribution in [3.8, 4) is 0 Å². The van der Waals surface area contributed by atoms with Crippen molar-refractivity contribution < 1.29 is 14.3 Å². The zero-order valence-electron chi connectivity index (χ0n) is 21.7. The van der Waals surface area contributed by atoms with Crippen LogP contribution in [0.3, 0.4) is 0 Å². The Morgan fingerprint density at radius 2 is 2.18 bits per heavy atom. The van der Waals surface area contributed by atoms with Crippen LogP contribution in [-0.4, -0.2) is 81.2 Å². The van der Waals surface area contributed by atoms with Crippen LogP contribution in [0.25, 0.3) is 11.2 Å². The van der Waals surface area contributed by atoms with E-state index < -0.39 is 6.09 Å². The molecular formula is C25H35N8O3PS. The lowest BCUT2D eigenvalue weighted by atomic mass is 9.96. The molecular weight excluding hydrogens is 523 g/mol. The monoisotopic (exact) mass is 558 g/mol. The number of aromatic amines is 1. The smallest absolute Gasteiger partial charge is 0.258 e. The maximum Gasteiger partial charge on any atom is 0.258 e. The summed E-state index contributed by atoms with van der Waals surface area (Å²) in [7, 11) is 0. The fraction of sp³-hybridized carbons (Fsp3) is 0.440. The predicted octanol–water partition coefficient (Wildman–Crippen LogP) is 2.68. The number of thiol groups is 1. The van der Waals surface area contributed by atoms with Crippen LogP contribution >= 0.6 is 18.3 Å². The van der Waals surface area contributed by atoms with Crippen molar-refractivity contribution in [2.45, 2.75) is 38.5 Å². The van der Waals surface area contributed by atoms with E-state index >= 15 is 0 Å². The Labute approximate surface area is 227 Å². The molecule has 0 aliphatic carbocycles. The average molecular weight is 559 g/mol. The first kappa shape index (κ1) is 27.9. The molecule has 13 heteroatoms. The van der Waals surface area contributed by atoms with Gasteiger partial charge in [0, 0.05) is 25.4 Å². The Bertz CT molecular complexity index is 1300. The summed E-state index contributed by atoms with van der Waals surface area (Å²) in [5.41, 5.74) is 1.61. The van der Waals surface area contributed by atoms with Crippen LogP contribution in [0.2, 0.25) is 0 Å². The van der Waals surface area contributed by atoms with Gasteiger partial charge in [-0.3, -0.25) is 9.59 Å². The molecule has 0 radical (unpaired) electrons. The molecule has 2 aliphatic heterocycles. The first-order valence-corrected chi connectivity index (χ1v) is 16.3. The minimum absolute atomic E-state index is 0.113. The van der Waals surface area contributed by atoms with Crippen molar-refractivity contribution in [1.82, 2.24) is 35.5 Å². The van der Waals surface area contributed by atoms with Gasteiger partial charge in [-0.15, -0.1) is 0 Å². The molecule has 4 N–H and O–H groups in total. The second-order valence-corrected chi connectivity index (χ2v) is 15.7. The number of carbonyl (C=O) groups is 2. The molecule has 11 nitrogen and oxygen atoms in total. The molecule has 4 unspecified atom stereocenters. The molecule has 2 amide bonds. The van der Waals surface area contributed by atoms with Crippen molar-refractivity contribution in [3.63, 3.8) is 0 Å². The molecule has 2 aliphatic rings. The van der Waals surface area contributed by atoms with Gasteiger partial charge in [-0.25, -0.2) is 15.0 Å². The number of carbonyl (C=O) groups excluding carboxylic acids is 2. The lowest BCUT2D eigenvalue weighted by Crippen LogP contribution is -2.42. The number of H-pyrrole nitrogens is 1. The average Bonchev–Trinajstić information content (AvgIpc) is 3.51. The van der Waals surface area contributed by atoms with E-state index in [2.05, 4.69) is 74.6 Å². The fourth-order valence-corrected chi connectivity index (χ4v) is 5.67. The largest absolute Gasteiger partial charge is 0.366 e. The molecule has 4 heterocycles. The Morgan fingerprint density at radius 1 is 1.37 bits per heavy atom. The Hall–Kier alpha value is -3.08. The summed E-state index contributed by atoms with van der Waals surface area (Å²) in [6.07, 6.45) is 13.8. The van der Waals surface area contributed by atoms with Crippen LogP contribution in [0.4, 0.5) is 5.82 Å². The van der Waals surface area contributed by atoms with Crippen molar-refractivity contribution in [2.75, 3.05) is 31.2 Å². The highest BCUT2D eigenvalue weighted by Crippen LogP contribution is 2.47. The van der Waals surface area contributed by atoms with E-state index in [9.17, 15) is 9.59 Å². The molecule has 4 atom stereocenters. The molecule has 1 saturated heterocycles. The summed E-state index contributed by atoms with van der Waals surface area (Å²) in [6.45, 7) is 9.07. The second-order valence-electron chi connectivity index (χ2n) is 9.65. The third-order valence-electron chi connectivity index (χ3n) is 6.56. The third-order valence-corrected chi connectivity index (χ3v) is 8.38. The van der Waals surface area contributed by atoms with Gasteiger partial charge in [0.15, 0.2) is 11.5 Å². The van der Waals surface area contributed by atoms with Gasteiger partial charge < -0.3 is 30.6 Å². The van der Waals surface area contributed by atoms with Crippen molar-refractivity contribution in [3.05, 3.63) is 49.0 Å². The second kappa shape index (κ2) is 12.2.